The highest BCUT2D eigenvalue weighted by Gasteiger charge is 2.08. The third-order valence-corrected chi connectivity index (χ3v) is 1.52. The standard InChI is InChI=1S/C8H8F2N2O2/c9-5-1-2-7(6(10)3-5)12(11)4-8(13)14/h1-3H,4,11H2,(H,13,14)/p-1. The predicted octanol–water partition coefficient (Wildman–Crippen LogP) is -0.605. The summed E-state index contributed by atoms with van der Waals surface area (Å²) in [5.74, 6) is 2.07. The number of rotatable bonds is 3. The van der Waals surface area contributed by atoms with Crippen LogP contribution in [0.3, 0.4) is 0 Å². The molecule has 0 aliphatic heterocycles. The summed E-state index contributed by atoms with van der Waals surface area (Å²) < 4.78 is 25.4. The van der Waals surface area contributed by atoms with Gasteiger partial charge in [-0.2, -0.15) is 0 Å². The second kappa shape index (κ2) is 4.01. The fourth-order valence-corrected chi connectivity index (χ4v) is 0.938. The molecule has 1 aromatic rings. The van der Waals surface area contributed by atoms with Crippen LogP contribution in [-0.2, 0) is 4.79 Å². The van der Waals surface area contributed by atoms with Gasteiger partial charge in [-0.05, 0) is 12.1 Å². The van der Waals surface area contributed by atoms with Gasteiger partial charge in [0, 0.05) is 6.07 Å². The number of anilines is 1. The van der Waals surface area contributed by atoms with Crippen molar-refractivity contribution in [1.29, 1.82) is 0 Å². The van der Waals surface area contributed by atoms with Crippen molar-refractivity contribution in [2.24, 2.45) is 5.84 Å². The predicted molar refractivity (Wildman–Crippen MR) is 42.9 cm³/mol. The fraction of sp³-hybridized carbons (Fsp3) is 0.125. The first kappa shape index (κ1) is 10.4. The Morgan fingerprint density at radius 1 is 1.50 bits per heavy atom. The van der Waals surface area contributed by atoms with E-state index in [9.17, 15) is 18.7 Å². The molecule has 4 nitrogen and oxygen atoms in total. The number of hydrogen-bond acceptors (Lipinski definition) is 4. The fourth-order valence-electron chi connectivity index (χ4n) is 0.938. The number of halogens is 2. The van der Waals surface area contributed by atoms with Gasteiger partial charge in [-0.3, -0.25) is 0 Å². The van der Waals surface area contributed by atoms with Crippen molar-refractivity contribution in [1.82, 2.24) is 0 Å². The number of carboxylic acid groups (broad SMARTS) is 1. The minimum absolute atomic E-state index is 0.199. The largest absolute Gasteiger partial charge is 0.548 e. The molecule has 6 heteroatoms. The highest BCUT2D eigenvalue weighted by Crippen LogP contribution is 2.17. The SMILES string of the molecule is NN(CC(=O)[O-])c1ccc(F)cc1F. The lowest BCUT2D eigenvalue weighted by molar-refractivity contribution is -0.303. The average Bonchev–Trinajstić information content (AvgIpc) is 2.01. The normalized spacial score (nSPS) is 9.93. The van der Waals surface area contributed by atoms with Gasteiger partial charge in [0.05, 0.1) is 18.2 Å². The molecule has 0 fully saturated rings. The van der Waals surface area contributed by atoms with Crippen molar-refractivity contribution in [3.05, 3.63) is 29.8 Å². The molecule has 0 heterocycles. The number of nitrogens with zero attached hydrogens (tertiary/aromatic N) is 1. The molecule has 76 valence electrons. The molecule has 0 bridgehead atoms. The zero-order valence-electron chi connectivity index (χ0n) is 7.04. The first-order valence-corrected chi connectivity index (χ1v) is 3.68. The molecule has 0 aliphatic rings. The quantitative estimate of drug-likeness (QED) is 0.523. The summed E-state index contributed by atoms with van der Waals surface area (Å²) in [4.78, 5) is 10.1. The smallest absolute Gasteiger partial charge is 0.150 e. The second-order valence-corrected chi connectivity index (χ2v) is 2.60. The summed E-state index contributed by atoms with van der Waals surface area (Å²) in [5.41, 5.74) is -0.199. The van der Waals surface area contributed by atoms with Crippen LogP contribution < -0.4 is 16.0 Å². The molecule has 14 heavy (non-hydrogen) atoms. The van der Waals surface area contributed by atoms with E-state index >= 15 is 0 Å². The summed E-state index contributed by atoms with van der Waals surface area (Å²) in [6, 6.07) is 2.64. The lowest BCUT2D eigenvalue weighted by Crippen LogP contribution is -2.42. The first-order chi connectivity index (χ1) is 6.50. The van der Waals surface area contributed by atoms with Crippen LogP contribution in [0.15, 0.2) is 18.2 Å². The Morgan fingerprint density at radius 2 is 2.14 bits per heavy atom. The van der Waals surface area contributed by atoms with Crippen LogP contribution in [0.2, 0.25) is 0 Å². The van der Waals surface area contributed by atoms with Gasteiger partial charge < -0.3 is 14.9 Å². The van der Waals surface area contributed by atoms with Gasteiger partial charge >= 0.3 is 0 Å². The number of benzene rings is 1. The number of nitrogens with two attached hydrogens (primary N) is 1. The van der Waals surface area contributed by atoms with Gasteiger partial charge in [-0.25, -0.2) is 14.6 Å². The molecule has 0 atom stereocenters. The number of hydrazine groups is 1. The van der Waals surface area contributed by atoms with Crippen molar-refractivity contribution in [2.45, 2.75) is 0 Å². The van der Waals surface area contributed by atoms with Crippen LogP contribution >= 0.6 is 0 Å². The van der Waals surface area contributed by atoms with Gasteiger partial charge in [0.2, 0.25) is 0 Å². The number of carbonyl (C=O) groups excluding carboxylic acids is 1. The summed E-state index contributed by atoms with van der Waals surface area (Å²) in [6.07, 6.45) is 0. The van der Waals surface area contributed by atoms with E-state index in [1.54, 1.807) is 0 Å². The third kappa shape index (κ3) is 2.40. The van der Waals surface area contributed by atoms with E-state index < -0.39 is 24.1 Å². The summed E-state index contributed by atoms with van der Waals surface area (Å²) in [7, 11) is 0. The van der Waals surface area contributed by atoms with Crippen molar-refractivity contribution in [2.75, 3.05) is 11.6 Å². The molecular weight excluding hydrogens is 194 g/mol. The Hall–Kier alpha value is -1.69. The third-order valence-electron chi connectivity index (χ3n) is 1.52. The Kier molecular flexibility index (Phi) is 2.98. The van der Waals surface area contributed by atoms with E-state index in [-0.39, 0.29) is 5.69 Å². The molecule has 0 aliphatic carbocycles. The highest BCUT2D eigenvalue weighted by atomic mass is 19.1. The van der Waals surface area contributed by atoms with Crippen molar-refractivity contribution in [3.8, 4) is 0 Å². The lowest BCUT2D eigenvalue weighted by Gasteiger charge is -2.19. The van der Waals surface area contributed by atoms with Crippen LogP contribution in [0.25, 0.3) is 0 Å². The molecule has 0 saturated carbocycles. The van der Waals surface area contributed by atoms with Gasteiger partial charge in [-0.15, -0.1) is 0 Å². The number of carboxylic acids is 1. The molecule has 2 N–H and O–H groups in total. The zero-order chi connectivity index (χ0) is 10.7. The summed E-state index contributed by atoms with van der Waals surface area (Å²) in [6.45, 7) is -0.664. The Balaban J connectivity index is 2.90. The maximum Gasteiger partial charge on any atom is 0.150 e. The number of hydrogen-bond donors (Lipinski definition) is 1. The van der Waals surface area contributed by atoms with Crippen LogP contribution in [0, 0.1) is 11.6 Å². The second-order valence-electron chi connectivity index (χ2n) is 2.60. The lowest BCUT2D eigenvalue weighted by atomic mass is 10.3. The van der Waals surface area contributed by atoms with Crippen LogP contribution in [0.4, 0.5) is 14.5 Å². The minimum Gasteiger partial charge on any atom is -0.548 e. The monoisotopic (exact) mass is 201 g/mol. The van der Waals surface area contributed by atoms with E-state index in [1.165, 1.54) is 0 Å². The molecular formula is C8H7F2N2O2-. The van der Waals surface area contributed by atoms with Gasteiger partial charge in [0.25, 0.3) is 0 Å². The highest BCUT2D eigenvalue weighted by molar-refractivity contribution is 5.71. The first-order valence-electron chi connectivity index (χ1n) is 3.68. The molecule has 0 unspecified atom stereocenters. The average molecular weight is 201 g/mol. The van der Waals surface area contributed by atoms with Crippen LogP contribution in [0.5, 0.6) is 0 Å². The molecule has 1 rings (SSSR count). The van der Waals surface area contributed by atoms with Crippen LogP contribution in [-0.4, -0.2) is 12.5 Å². The van der Waals surface area contributed by atoms with E-state index in [4.69, 9.17) is 5.84 Å². The van der Waals surface area contributed by atoms with E-state index in [1.807, 2.05) is 0 Å². The van der Waals surface area contributed by atoms with Gasteiger partial charge in [0.1, 0.15) is 5.82 Å². The van der Waals surface area contributed by atoms with Crippen molar-refractivity contribution >= 4 is 11.7 Å². The maximum absolute atomic E-state index is 13.0. The molecule has 0 aromatic heterocycles. The molecule has 0 radical (unpaired) electrons. The molecule has 0 spiro atoms. The van der Waals surface area contributed by atoms with E-state index in [2.05, 4.69) is 0 Å². The number of carbonyl (C=O) groups is 1. The number of aliphatic carboxylic acids is 1. The van der Waals surface area contributed by atoms with E-state index in [0.29, 0.717) is 11.1 Å². The summed E-state index contributed by atoms with van der Waals surface area (Å²) in [5, 5.41) is 10.8. The minimum atomic E-state index is -1.45. The van der Waals surface area contributed by atoms with Crippen LogP contribution in [0.1, 0.15) is 0 Å². The van der Waals surface area contributed by atoms with Crippen molar-refractivity contribution in [3.63, 3.8) is 0 Å². The topological polar surface area (TPSA) is 69.4 Å². The molecule has 0 amide bonds. The molecule has 1 aromatic carbocycles. The van der Waals surface area contributed by atoms with Gasteiger partial charge in [0.15, 0.2) is 5.82 Å². The van der Waals surface area contributed by atoms with E-state index in [0.717, 1.165) is 12.1 Å². The Labute approximate surface area is 78.5 Å². The zero-order valence-corrected chi connectivity index (χ0v) is 7.04. The Bertz CT molecular complexity index is 357. The van der Waals surface area contributed by atoms with Gasteiger partial charge in [-0.1, -0.05) is 0 Å². The summed E-state index contributed by atoms with van der Waals surface area (Å²) >= 11 is 0. The molecule has 0 saturated heterocycles. The maximum atomic E-state index is 13.0. The Morgan fingerprint density at radius 3 is 2.64 bits per heavy atom. The van der Waals surface area contributed by atoms with Crippen molar-refractivity contribution < 1.29 is 18.7 Å².